The largest absolute Gasteiger partial charge is 0.380 e. The number of anilines is 1. The van der Waals surface area contributed by atoms with Crippen molar-refractivity contribution in [3.63, 3.8) is 0 Å². The van der Waals surface area contributed by atoms with E-state index in [1.54, 1.807) is 0 Å². The van der Waals surface area contributed by atoms with Crippen LogP contribution in [0.5, 0.6) is 0 Å². The first-order valence-electron chi connectivity index (χ1n) is 6.72. The van der Waals surface area contributed by atoms with E-state index in [1.165, 1.54) is 6.92 Å². The summed E-state index contributed by atoms with van der Waals surface area (Å²) in [7, 11) is 0. The minimum absolute atomic E-state index is 0.262. The van der Waals surface area contributed by atoms with Crippen LogP contribution in [0.4, 0.5) is 5.69 Å². The number of nitrogens with one attached hydrogen (secondary N) is 1. The summed E-state index contributed by atoms with van der Waals surface area (Å²) in [6.07, 6.45) is 0.262. The highest BCUT2D eigenvalue weighted by atomic mass is 79.9. The molecule has 2 rings (SSSR count). The van der Waals surface area contributed by atoms with E-state index < -0.39 is 11.5 Å². The maximum atomic E-state index is 12.2. The summed E-state index contributed by atoms with van der Waals surface area (Å²) in [5, 5.41) is 13.1. The summed E-state index contributed by atoms with van der Waals surface area (Å²) in [5.41, 5.74) is 1.25. The standard InChI is InChI=1S/C17H18BrNO2/c1-12-3-9-15(10-4-12)19-16(20)17(2,21)11-13-5-7-14(18)8-6-13/h3-10,21H,11H2,1-2H3,(H,19,20). The van der Waals surface area contributed by atoms with Crippen LogP contribution in [0.15, 0.2) is 53.0 Å². The Balaban J connectivity index is 2.05. The number of benzene rings is 2. The molecule has 21 heavy (non-hydrogen) atoms. The van der Waals surface area contributed by atoms with Gasteiger partial charge in [-0.05, 0) is 43.7 Å². The third-order valence-corrected chi connectivity index (χ3v) is 3.79. The Morgan fingerprint density at radius 2 is 1.71 bits per heavy atom. The van der Waals surface area contributed by atoms with E-state index in [4.69, 9.17) is 0 Å². The second-order valence-electron chi connectivity index (χ2n) is 5.40. The van der Waals surface area contributed by atoms with Crippen LogP contribution >= 0.6 is 15.9 Å². The van der Waals surface area contributed by atoms with Gasteiger partial charge in [0, 0.05) is 16.6 Å². The van der Waals surface area contributed by atoms with Crippen LogP contribution in [0.25, 0.3) is 0 Å². The number of hydrogen-bond acceptors (Lipinski definition) is 2. The Morgan fingerprint density at radius 3 is 2.29 bits per heavy atom. The van der Waals surface area contributed by atoms with Gasteiger partial charge >= 0.3 is 0 Å². The Hall–Kier alpha value is -1.65. The molecule has 0 aliphatic rings. The van der Waals surface area contributed by atoms with E-state index in [-0.39, 0.29) is 6.42 Å². The van der Waals surface area contributed by atoms with Crippen LogP contribution in [0.3, 0.4) is 0 Å². The zero-order chi connectivity index (χ0) is 15.5. The van der Waals surface area contributed by atoms with Gasteiger partial charge < -0.3 is 10.4 Å². The second-order valence-corrected chi connectivity index (χ2v) is 6.31. The molecule has 0 bridgehead atoms. The third kappa shape index (κ3) is 4.41. The molecule has 1 unspecified atom stereocenters. The molecule has 0 saturated heterocycles. The predicted molar refractivity (Wildman–Crippen MR) is 88.3 cm³/mol. The first-order valence-corrected chi connectivity index (χ1v) is 7.51. The lowest BCUT2D eigenvalue weighted by Gasteiger charge is -2.22. The molecule has 0 spiro atoms. The minimum Gasteiger partial charge on any atom is -0.380 e. The lowest BCUT2D eigenvalue weighted by atomic mass is 9.95. The van der Waals surface area contributed by atoms with Gasteiger partial charge in [0.2, 0.25) is 0 Å². The van der Waals surface area contributed by atoms with Crippen LogP contribution in [-0.2, 0) is 11.2 Å². The predicted octanol–water partition coefficient (Wildman–Crippen LogP) is 3.69. The quantitative estimate of drug-likeness (QED) is 0.885. The molecule has 4 heteroatoms. The number of rotatable bonds is 4. The van der Waals surface area contributed by atoms with Gasteiger partial charge in [-0.2, -0.15) is 0 Å². The van der Waals surface area contributed by atoms with Crippen molar-refractivity contribution in [3.8, 4) is 0 Å². The van der Waals surface area contributed by atoms with Gasteiger partial charge in [-0.3, -0.25) is 4.79 Å². The minimum atomic E-state index is -1.46. The zero-order valence-corrected chi connectivity index (χ0v) is 13.6. The van der Waals surface area contributed by atoms with E-state index in [0.717, 1.165) is 15.6 Å². The molecule has 1 atom stereocenters. The van der Waals surface area contributed by atoms with Crippen molar-refractivity contribution in [3.05, 3.63) is 64.1 Å². The molecule has 0 saturated carbocycles. The summed E-state index contributed by atoms with van der Waals surface area (Å²) in [5.74, 6) is -0.408. The third-order valence-electron chi connectivity index (χ3n) is 3.26. The van der Waals surface area contributed by atoms with Gasteiger partial charge in [0.25, 0.3) is 5.91 Å². The van der Waals surface area contributed by atoms with E-state index >= 15 is 0 Å². The van der Waals surface area contributed by atoms with E-state index in [0.29, 0.717) is 5.69 Å². The molecule has 2 N–H and O–H groups in total. The summed E-state index contributed by atoms with van der Waals surface area (Å²) in [6.45, 7) is 3.51. The number of aryl methyl sites for hydroxylation is 1. The lowest BCUT2D eigenvalue weighted by Crippen LogP contribution is -2.42. The number of carbonyl (C=O) groups is 1. The molecule has 2 aromatic carbocycles. The Bertz CT molecular complexity index is 618. The molecule has 0 radical (unpaired) electrons. The molecule has 0 aliphatic carbocycles. The molecular formula is C17H18BrNO2. The molecule has 3 nitrogen and oxygen atoms in total. The molecule has 0 fully saturated rings. The molecule has 110 valence electrons. The molecule has 1 amide bonds. The van der Waals surface area contributed by atoms with Crippen molar-refractivity contribution in [2.24, 2.45) is 0 Å². The van der Waals surface area contributed by atoms with Crippen molar-refractivity contribution in [2.75, 3.05) is 5.32 Å². The van der Waals surface area contributed by atoms with Crippen LogP contribution in [0.2, 0.25) is 0 Å². The van der Waals surface area contributed by atoms with Gasteiger partial charge in [-0.1, -0.05) is 45.8 Å². The van der Waals surface area contributed by atoms with Crippen molar-refractivity contribution in [2.45, 2.75) is 25.9 Å². The van der Waals surface area contributed by atoms with Gasteiger partial charge in [-0.15, -0.1) is 0 Å². The number of hydrogen-bond donors (Lipinski definition) is 2. The van der Waals surface area contributed by atoms with Gasteiger partial charge in [-0.25, -0.2) is 0 Å². The summed E-state index contributed by atoms with van der Waals surface area (Å²) >= 11 is 3.36. The van der Waals surface area contributed by atoms with E-state index in [2.05, 4.69) is 21.2 Å². The SMILES string of the molecule is Cc1ccc(NC(=O)C(C)(O)Cc2ccc(Br)cc2)cc1. The van der Waals surface area contributed by atoms with Crippen molar-refractivity contribution in [1.82, 2.24) is 0 Å². The first kappa shape index (κ1) is 15.7. The molecule has 0 heterocycles. The van der Waals surface area contributed by atoms with Crippen LogP contribution in [0, 0.1) is 6.92 Å². The molecular weight excluding hydrogens is 330 g/mol. The maximum Gasteiger partial charge on any atom is 0.256 e. The van der Waals surface area contributed by atoms with Gasteiger partial charge in [0.15, 0.2) is 0 Å². The van der Waals surface area contributed by atoms with Crippen molar-refractivity contribution < 1.29 is 9.90 Å². The lowest BCUT2D eigenvalue weighted by molar-refractivity contribution is -0.132. The number of halogens is 1. The molecule has 0 aliphatic heterocycles. The fourth-order valence-electron chi connectivity index (χ4n) is 1.98. The van der Waals surface area contributed by atoms with Crippen molar-refractivity contribution in [1.29, 1.82) is 0 Å². The normalized spacial score (nSPS) is 13.5. The highest BCUT2D eigenvalue weighted by Crippen LogP contribution is 2.18. The summed E-state index contributed by atoms with van der Waals surface area (Å²) in [6, 6.07) is 15.0. The van der Waals surface area contributed by atoms with Crippen LogP contribution in [-0.4, -0.2) is 16.6 Å². The Kier molecular flexibility index (Phi) is 4.80. The van der Waals surface area contributed by atoms with Crippen LogP contribution < -0.4 is 5.32 Å². The van der Waals surface area contributed by atoms with E-state index in [1.807, 2.05) is 55.5 Å². The van der Waals surface area contributed by atoms with E-state index in [9.17, 15) is 9.90 Å². The average Bonchev–Trinajstić information content (AvgIpc) is 2.43. The Morgan fingerprint density at radius 1 is 1.14 bits per heavy atom. The fraction of sp³-hybridized carbons (Fsp3) is 0.235. The average molecular weight is 348 g/mol. The first-order chi connectivity index (χ1) is 9.87. The van der Waals surface area contributed by atoms with Crippen LogP contribution in [0.1, 0.15) is 18.1 Å². The number of amides is 1. The number of carbonyl (C=O) groups excluding carboxylic acids is 1. The zero-order valence-electron chi connectivity index (χ0n) is 12.1. The van der Waals surface area contributed by atoms with Gasteiger partial charge in [0.1, 0.15) is 5.60 Å². The summed E-state index contributed by atoms with van der Waals surface area (Å²) in [4.78, 5) is 12.2. The topological polar surface area (TPSA) is 49.3 Å². The molecule has 2 aromatic rings. The monoisotopic (exact) mass is 347 g/mol. The second kappa shape index (κ2) is 6.41. The highest BCUT2D eigenvalue weighted by Gasteiger charge is 2.30. The molecule has 0 aromatic heterocycles. The van der Waals surface area contributed by atoms with Crippen molar-refractivity contribution >= 4 is 27.5 Å². The Labute approximate surface area is 133 Å². The smallest absolute Gasteiger partial charge is 0.256 e. The fourth-order valence-corrected chi connectivity index (χ4v) is 2.25. The highest BCUT2D eigenvalue weighted by molar-refractivity contribution is 9.10. The summed E-state index contributed by atoms with van der Waals surface area (Å²) < 4.78 is 0.968. The van der Waals surface area contributed by atoms with Gasteiger partial charge in [0.05, 0.1) is 0 Å². The number of aliphatic hydroxyl groups is 1. The maximum absolute atomic E-state index is 12.2.